The van der Waals surface area contributed by atoms with Gasteiger partial charge in [-0.2, -0.15) is 5.10 Å². The average Bonchev–Trinajstić information content (AvgIpc) is 3.06. The fourth-order valence-corrected chi connectivity index (χ4v) is 4.17. The van der Waals surface area contributed by atoms with Crippen LogP contribution < -0.4 is 0 Å². The molecule has 1 aromatic heterocycles. The molecular formula is C22H29N3. The molecule has 0 atom stereocenters. The summed E-state index contributed by atoms with van der Waals surface area (Å²) in [7, 11) is 0. The van der Waals surface area contributed by atoms with Crippen molar-refractivity contribution in [2.75, 3.05) is 19.6 Å². The smallest absolute Gasteiger partial charge is 0.0657 e. The number of nitrogens with one attached hydrogen (secondary N) is 1. The Bertz CT molecular complexity index is 739. The van der Waals surface area contributed by atoms with E-state index in [0.29, 0.717) is 0 Å². The summed E-state index contributed by atoms with van der Waals surface area (Å²) in [6.45, 7) is 5.59. The lowest BCUT2D eigenvalue weighted by molar-refractivity contribution is 0.297. The minimum atomic E-state index is 1.09. The molecule has 3 nitrogen and oxygen atoms in total. The molecule has 4 rings (SSSR count). The highest BCUT2D eigenvalue weighted by Gasteiger charge is 2.17. The molecule has 1 aliphatic carbocycles. The Morgan fingerprint density at radius 1 is 1.08 bits per heavy atom. The molecule has 0 bridgehead atoms. The number of hydrogen-bond acceptors (Lipinski definition) is 2. The van der Waals surface area contributed by atoms with Crippen LogP contribution in [0, 0.1) is 6.92 Å². The third-order valence-electron chi connectivity index (χ3n) is 5.75. The van der Waals surface area contributed by atoms with Crippen molar-refractivity contribution < 1.29 is 0 Å². The first-order valence-electron chi connectivity index (χ1n) is 9.83. The van der Waals surface area contributed by atoms with Gasteiger partial charge in [0.2, 0.25) is 0 Å². The van der Waals surface area contributed by atoms with Gasteiger partial charge >= 0.3 is 0 Å². The second kappa shape index (κ2) is 7.57. The Labute approximate surface area is 151 Å². The van der Waals surface area contributed by atoms with Crippen LogP contribution in [0.2, 0.25) is 0 Å². The highest BCUT2D eigenvalue weighted by atomic mass is 15.1. The van der Waals surface area contributed by atoms with Gasteiger partial charge in [0, 0.05) is 18.8 Å². The number of fused-ring (bicyclic) bond motifs is 1. The zero-order valence-corrected chi connectivity index (χ0v) is 15.4. The van der Waals surface area contributed by atoms with Gasteiger partial charge in [-0.05, 0) is 75.1 Å². The molecule has 1 aromatic carbocycles. The molecule has 0 saturated carbocycles. The lowest BCUT2D eigenvalue weighted by atomic mass is 9.94. The zero-order valence-electron chi connectivity index (χ0n) is 15.4. The summed E-state index contributed by atoms with van der Waals surface area (Å²) in [5, 5.41) is 7.85. The van der Waals surface area contributed by atoms with E-state index in [1.54, 1.807) is 0 Å². The van der Waals surface area contributed by atoms with Crippen LogP contribution in [0.25, 0.3) is 5.57 Å². The average molecular weight is 335 g/mol. The first kappa shape index (κ1) is 16.6. The minimum Gasteiger partial charge on any atom is -0.299 e. The van der Waals surface area contributed by atoms with E-state index in [9.17, 15) is 0 Å². The van der Waals surface area contributed by atoms with Crippen LogP contribution in [0.4, 0.5) is 0 Å². The Balaban J connectivity index is 1.27. The summed E-state index contributed by atoms with van der Waals surface area (Å²) in [4.78, 5) is 2.58. The highest BCUT2D eigenvalue weighted by molar-refractivity contribution is 5.66. The van der Waals surface area contributed by atoms with Gasteiger partial charge in [0.25, 0.3) is 0 Å². The number of rotatable bonds is 5. The maximum absolute atomic E-state index is 4.58. The van der Waals surface area contributed by atoms with E-state index in [1.807, 2.05) is 0 Å². The SMILES string of the molecule is Cc1ccc(C2=CCN(CCCc3n[nH]c4c3CCCC4)CC2)cc1. The molecule has 0 unspecified atom stereocenters. The number of H-pyrrole nitrogens is 1. The quantitative estimate of drug-likeness (QED) is 0.882. The molecule has 3 heteroatoms. The molecule has 0 spiro atoms. The summed E-state index contributed by atoms with van der Waals surface area (Å²) in [5.74, 6) is 0. The van der Waals surface area contributed by atoms with Crippen LogP contribution in [-0.2, 0) is 19.3 Å². The molecule has 2 heterocycles. The highest BCUT2D eigenvalue weighted by Crippen LogP contribution is 2.24. The largest absolute Gasteiger partial charge is 0.299 e. The standard InChI is InChI=1S/C22H29N3/c1-17-8-10-18(11-9-17)19-12-15-25(16-13-19)14-4-7-22-20-5-2-3-6-21(20)23-24-22/h8-12H,2-7,13-16H2,1H3,(H,23,24). The van der Waals surface area contributed by atoms with Crippen molar-refractivity contribution in [2.24, 2.45) is 0 Å². The van der Waals surface area contributed by atoms with Crippen molar-refractivity contribution >= 4 is 5.57 Å². The number of aryl methyl sites for hydroxylation is 3. The zero-order chi connectivity index (χ0) is 17.1. The lowest BCUT2D eigenvalue weighted by Crippen LogP contribution is -2.29. The van der Waals surface area contributed by atoms with Crippen LogP contribution in [0.3, 0.4) is 0 Å². The van der Waals surface area contributed by atoms with E-state index in [2.05, 4.69) is 52.4 Å². The van der Waals surface area contributed by atoms with Crippen LogP contribution in [0.15, 0.2) is 30.3 Å². The second-order valence-electron chi connectivity index (χ2n) is 7.58. The van der Waals surface area contributed by atoms with E-state index in [4.69, 9.17) is 0 Å². The summed E-state index contributed by atoms with van der Waals surface area (Å²) < 4.78 is 0. The van der Waals surface area contributed by atoms with Gasteiger partial charge < -0.3 is 0 Å². The van der Waals surface area contributed by atoms with Crippen LogP contribution in [0.5, 0.6) is 0 Å². The predicted molar refractivity (Wildman–Crippen MR) is 104 cm³/mol. The van der Waals surface area contributed by atoms with Gasteiger partial charge in [0.05, 0.1) is 5.69 Å². The fraction of sp³-hybridized carbons (Fsp3) is 0.500. The molecule has 0 saturated heterocycles. The van der Waals surface area contributed by atoms with Crippen LogP contribution >= 0.6 is 0 Å². The molecular weight excluding hydrogens is 306 g/mol. The first-order chi connectivity index (χ1) is 12.3. The molecule has 0 amide bonds. The summed E-state index contributed by atoms with van der Waals surface area (Å²) in [6, 6.07) is 8.95. The number of aromatic amines is 1. The van der Waals surface area contributed by atoms with Crippen LogP contribution in [0.1, 0.15) is 53.8 Å². The van der Waals surface area contributed by atoms with Crippen molar-refractivity contribution in [3.8, 4) is 0 Å². The molecule has 1 N–H and O–H groups in total. The van der Waals surface area contributed by atoms with Crippen molar-refractivity contribution in [2.45, 2.75) is 51.9 Å². The maximum Gasteiger partial charge on any atom is 0.0657 e. The normalized spacial score (nSPS) is 18.0. The topological polar surface area (TPSA) is 31.9 Å². The molecule has 25 heavy (non-hydrogen) atoms. The molecule has 1 aliphatic heterocycles. The number of hydrogen-bond donors (Lipinski definition) is 1. The van der Waals surface area contributed by atoms with Crippen LogP contribution in [-0.4, -0.2) is 34.7 Å². The lowest BCUT2D eigenvalue weighted by Gasteiger charge is -2.26. The van der Waals surface area contributed by atoms with Crippen molar-refractivity contribution in [3.63, 3.8) is 0 Å². The maximum atomic E-state index is 4.58. The van der Waals surface area contributed by atoms with Gasteiger partial charge in [-0.1, -0.05) is 35.9 Å². The third-order valence-corrected chi connectivity index (χ3v) is 5.75. The third kappa shape index (κ3) is 3.87. The number of nitrogens with zero attached hydrogens (tertiary/aromatic N) is 2. The first-order valence-corrected chi connectivity index (χ1v) is 9.83. The Morgan fingerprint density at radius 2 is 1.92 bits per heavy atom. The van der Waals surface area contributed by atoms with E-state index in [-0.39, 0.29) is 0 Å². The molecule has 0 fully saturated rings. The predicted octanol–water partition coefficient (Wildman–Crippen LogP) is 4.32. The summed E-state index contributed by atoms with van der Waals surface area (Å²) in [5.41, 5.74) is 8.52. The second-order valence-corrected chi connectivity index (χ2v) is 7.58. The van der Waals surface area contributed by atoms with E-state index in [0.717, 1.165) is 13.0 Å². The molecule has 132 valence electrons. The van der Waals surface area contributed by atoms with Gasteiger partial charge in [-0.15, -0.1) is 0 Å². The van der Waals surface area contributed by atoms with Gasteiger partial charge in [0.1, 0.15) is 0 Å². The van der Waals surface area contributed by atoms with Crippen molar-refractivity contribution in [1.29, 1.82) is 0 Å². The summed E-state index contributed by atoms with van der Waals surface area (Å²) >= 11 is 0. The molecule has 2 aromatic rings. The minimum absolute atomic E-state index is 1.09. The summed E-state index contributed by atoms with van der Waals surface area (Å²) in [6.07, 6.45) is 11.0. The molecule has 0 radical (unpaired) electrons. The number of aromatic nitrogens is 2. The van der Waals surface area contributed by atoms with Gasteiger partial charge in [-0.3, -0.25) is 10.00 Å². The molecule has 2 aliphatic rings. The Morgan fingerprint density at radius 3 is 2.72 bits per heavy atom. The monoisotopic (exact) mass is 335 g/mol. The Kier molecular flexibility index (Phi) is 5.02. The van der Waals surface area contributed by atoms with Gasteiger partial charge in [0.15, 0.2) is 0 Å². The Hall–Kier alpha value is -1.87. The van der Waals surface area contributed by atoms with Crippen molar-refractivity contribution in [3.05, 3.63) is 58.4 Å². The van der Waals surface area contributed by atoms with E-state index < -0.39 is 0 Å². The van der Waals surface area contributed by atoms with E-state index in [1.165, 1.54) is 85.3 Å². The fourth-order valence-electron chi connectivity index (χ4n) is 4.17. The van der Waals surface area contributed by atoms with E-state index >= 15 is 0 Å². The van der Waals surface area contributed by atoms with Crippen molar-refractivity contribution in [1.82, 2.24) is 15.1 Å². The van der Waals surface area contributed by atoms with Gasteiger partial charge in [-0.25, -0.2) is 0 Å². The number of benzene rings is 1.